The van der Waals surface area contributed by atoms with E-state index in [4.69, 9.17) is 5.11 Å². The third-order valence-electron chi connectivity index (χ3n) is 2.23. The first-order chi connectivity index (χ1) is 8.43. The van der Waals surface area contributed by atoms with Crippen LogP contribution in [-0.4, -0.2) is 17.6 Å². The number of rotatable bonds is 3. The van der Waals surface area contributed by atoms with Crippen LogP contribution in [0, 0.1) is 17.3 Å². The van der Waals surface area contributed by atoms with Gasteiger partial charge >= 0.3 is 0 Å². The van der Waals surface area contributed by atoms with E-state index in [1.807, 2.05) is 32.2 Å². The minimum Gasteiger partial charge on any atom is -0.395 e. The van der Waals surface area contributed by atoms with Gasteiger partial charge in [0, 0.05) is 27.7 Å². The van der Waals surface area contributed by atoms with E-state index in [-0.39, 0.29) is 17.9 Å². The van der Waals surface area contributed by atoms with Gasteiger partial charge in [0.15, 0.2) is 0 Å². The van der Waals surface area contributed by atoms with E-state index in [1.54, 1.807) is 11.3 Å². The molecule has 98 valence electrons. The number of carbonyl (C=O) groups excluding carboxylic acids is 1. The molecule has 1 rings (SSSR count). The lowest BCUT2D eigenvalue weighted by atomic mass is 9.96. The summed E-state index contributed by atoms with van der Waals surface area (Å²) in [5, 5.41) is 13.5. The highest BCUT2D eigenvalue weighted by molar-refractivity contribution is 7.10. The minimum atomic E-state index is -0.360. The molecule has 2 N–H and O–H groups in total. The molecule has 0 fully saturated rings. The summed E-state index contributed by atoms with van der Waals surface area (Å²) in [5.41, 5.74) is 0.578. The Kier molecular flexibility index (Phi) is 5.39. The van der Waals surface area contributed by atoms with Gasteiger partial charge in [-0.3, -0.25) is 4.79 Å². The van der Waals surface area contributed by atoms with Crippen LogP contribution in [-0.2, 0) is 11.3 Å². The summed E-state index contributed by atoms with van der Waals surface area (Å²) in [5.74, 6) is 5.89. The van der Waals surface area contributed by atoms with Crippen molar-refractivity contribution >= 4 is 17.2 Å². The number of nitrogens with one attached hydrogen (secondary N) is 1. The second kappa shape index (κ2) is 6.58. The van der Waals surface area contributed by atoms with Crippen LogP contribution in [0.5, 0.6) is 0 Å². The Morgan fingerprint density at radius 3 is 2.83 bits per heavy atom. The average Bonchev–Trinajstić information content (AvgIpc) is 2.73. The van der Waals surface area contributed by atoms with E-state index in [2.05, 4.69) is 17.2 Å². The summed E-state index contributed by atoms with van der Waals surface area (Å²) in [6.45, 7) is 6.31. The van der Waals surface area contributed by atoms with E-state index in [1.165, 1.54) is 0 Å². The second-order valence-corrected chi connectivity index (χ2v) is 6.01. The number of amides is 1. The third-order valence-corrected chi connectivity index (χ3v) is 3.16. The Morgan fingerprint density at radius 1 is 1.50 bits per heavy atom. The van der Waals surface area contributed by atoms with E-state index in [0.29, 0.717) is 13.0 Å². The highest BCUT2D eigenvalue weighted by Crippen LogP contribution is 2.16. The predicted octanol–water partition coefficient (Wildman–Crippen LogP) is 2.14. The Labute approximate surface area is 112 Å². The molecule has 3 nitrogen and oxygen atoms in total. The van der Waals surface area contributed by atoms with Crippen LogP contribution in [0.3, 0.4) is 0 Å². The fourth-order valence-corrected chi connectivity index (χ4v) is 1.95. The molecular formula is C14H19NO2S. The Morgan fingerprint density at radius 2 is 2.22 bits per heavy atom. The third kappa shape index (κ3) is 4.91. The smallest absolute Gasteiger partial charge is 0.225 e. The van der Waals surface area contributed by atoms with Crippen molar-refractivity contribution in [3.63, 3.8) is 0 Å². The SMILES string of the molecule is CC(C)(C)C(=O)NCc1cc(C#CCCO)cs1. The molecule has 1 aromatic rings. The van der Waals surface area contributed by atoms with Gasteiger partial charge in [0.25, 0.3) is 0 Å². The summed E-state index contributed by atoms with van der Waals surface area (Å²) >= 11 is 1.58. The topological polar surface area (TPSA) is 49.3 Å². The summed E-state index contributed by atoms with van der Waals surface area (Å²) in [6.07, 6.45) is 0.492. The van der Waals surface area contributed by atoms with E-state index in [0.717, 1.165) is 10.4 Å². The van der Waals surface area contributed by atoms with Gasteiger partial charge in [-0.1, -0.05) is 32.6 Å². The van der Waals surface area contributed by atoms with Crippen molar-refractivity contribution in [3.8, 4) is 11.8 Å². The fourth-order valence-electron chi connectivity index (χ4n) is 1.19. The zero-order chi connectivity index (χ0) is 13.6. The molecular weight excluding hydrogens is 246 g/mol. The van der Waals surface area contributed by atoms with Crippen LogP contribution in [0.1, 0.15) is 37.6 Å². The number of thiophene rings is 1. The van der Waals surface area contributed by atoms with Crippen molar-refractivity contribution in [2.45, 2.75) is 33.7 Å². The van der Waals surface area contributed by atoms with Gasteiger partial charge in [0.1, 0.15) is 0 Å². The molecule has 18 heavy (non-hydrogen) atoms. The summed E-state index contributed by atoms with van der Waals surface area (Å²) in [7, 11) is 0. The molecule has 0 aliphatic carbocycles. The highest BCUT2D eigenvalue weighted by Gasteiger charge is 2.20. The molecule has 0 aromatic carbocycles. The molecule has 0 unspecified atom stereocenters. The monoisotopic (exact) mass is 265 g/mol. The molecule has 1 amide bonds. The number of hydrogen-bond acceptors (Lipinski definition) is 3. The Balaban J connectivity index is 2.51. The minimum absolute atomic E-state index is 0.0452. The average molecular weight is 265 g/mol. The molecule has 1 heterocycles. The molecule has 0 aliphatic heterocycles. The number of hydrogen-bond donors (Lipinski definition) is 2. The van der Waals surface area contributed by atoms with E-state index < -0.39 is 0 Å². The zero-order valence-corrected chi connectivity index (χ0v) is 11.9. The first kappa shape index (κ1) is 14.7. The molecule has 4 heteroatoms. The van der Waals surface area contributed by atoms with Crippen molar-refractivity contribution < 1.29 is 9.90 Å². The first-order valence-electron chi connectivity index (χ1n) is 5.89. The van der Waals surface area contributed by atoms with Crippen LogP contribution >= 0.6 is 11.3 Å². The molecule has 0 atom stereocenters. The van der Waals surface area contributed by atoms with Gasteiger partial charge < -0.3 is 10.4 Å². The second-order valence-electron chi connectivity index (χ2n) is 5.01. The normalized spacial score (nSPS) is 10.7. The van der Waals surface area contributed by atoms with Crippen molar-refractivity contribution in [2.75, 3.05) is 6.61 Å². The molecule has 0 aliphatic rings. The van der Waals surface area contributed by atoms with Gasteiger partial charge in [0.2, 0.25) is 5.91 Å². The van der Waals surface area contributed by atoms with Crippen molar-refractivity contribution in [3.05, 3.63) is 21.9 Å². The quantitative estimate of drug-likeness (QED) is 0.823. The molecule has 0 saturated heterocycles. The van der Waals surface area contributed by atoms with Crippen molar-refractivity contribution in [1.29, 1.82) is 0 Å². The van der Waals surface area contributed by atoms with Gasteiger partial charge in [-0.15, -0.1) is 11.3 Å². The van der Waals surface area contributed by atoms with Crippen molar-refractivity contribution in [1.82, 2.24) is 5.32 Å². The van der Waals surface area contributed by atoms with Crippen LogP contribution < -0.4 is 5.32 Å². The maximum absolute atomic E-state index is 11.7. The van der Waals surface area contributed by atoms with E-state index in [9.17, 15) is 4.79 Å². The van der Waals surface area contributed by atoms with Crippen molar-refractivity contribution in [2.24, 2.45) is 5.41 Å². The number of carbonyl (C=O) groups is 1. The highest BCUT2D eigenvalue weighted by atomic mass is 32.1. The molecule has 0 saturated carbocycles. The first-order valence-corrected chi connectivity index (χ1v) is 6.77. The Bertz CT molecular complexity index is 460. The molecule has 0 spiro atoms. The van der Waals surface area contributed by atoms with E-state index >= 15 is 0 Å². The number of aliphatic hydroxyl groups is 1. The predicted molar refractivity (Wildman–Crippen MR) is 74.2 cm³/mol. The Hall–Kier alpha value is -1.31. The zero-order valence-electron chi connectivity index (χ0n) is 11.0. The van der Waals surface area contributed by atoms with Gasteiger partial charge in [-0.05, 0) is 6.07 Å². The van der Waals surface area contributed by atoms with Gasteiger partial charge in [0.05, 0.1) is 13.2 Å². The lowest BCUT2D eigenvalue weighted by Gasteiger charge is -2.16. The summed E-state index contributed by atoms with van der Waals surface area (Å²) < 4.78 is 0. The molecule has 1 aromatic heterocycles. The van der Waals surface area contributed by atoms with Gasteiger partial charge in [-0.2, -0.15) is 0 Å². The maximum Gasteiger partial charge on any atom is 0.225 e. The largest absolute Gasteiger partial charge is 0.395 e. The molecule has 0 radical (unpaired) electrons. The standard InChI is InChI=1S/C14H19NO2S/c1-14(2,3)13(17)15-9-12-8-11(10-18-12)6-4-5-7-16/h8,10,16H,5,7,9H2,1-3H3,(H,15,17). The lowest BCUT2D eigenvalue weighted by Crippen LogP contribution is -2.34. The van der Waals surface area contributed by atoms with Gasteiger partial charge in [-0.25, -0.2) is 0 Å². The fraction of sp³-hybridized carbons (Fsp3) is 0.500. The van der Waals surface area contributed by atoms with Crippen LogP contribution in [0.4, 0.5) is 0 Å². The van der Waals surface area contributed by atoms with Crippen LogP contribution in [0.15, 0.2) is 11.4 Å². The summed E-state index contributed by atoms with van der Waals surface area (Å²) in [4.78, 5) is 12.8. The number of aliphatic hydroxyl groups excluding tert-OH is 1. The molecule has 0 bridgehead atoms. The summed E-state index contributed by atoms with van der Waals surface area (Å²) in [6, 6.07) is 1.97. The lowest BCUT2D eigenvalue weighted by molar-refractivity contribution is -0.128. The van der Waals surface area contributed by atoms with Crippen LogP contribution in [0.25, 0.3) is 0 Å². The van der Waals surface area contributed by atoms with Crippen LogP contribution in [0.2, 0.25) is 0 Å². The maximum atomic E-state index is 11.7.